The van der Waals surface area contributed by atoms with Gasteiger partial charge in [-0.3, -0.25) is 0 Å². The second kappa shape index (κ2) is 4.46. The first-order chi connectivity index (χ1) is 8.94. The van der Waals surface area contributed by atoms with Gasteiger partial charge < -0.3 is 10.3 Å². The minimum atomic E-state index is 0.179. The Labute approximate surface area is 118 Å². The van der Waals surface area contributed by atoms with Gasteiger partial charge in [0.1, 0.15) is 5.01 Å². The molecular formula is C15H21N3S. The highest BCUT2D eigenvalue weighted by molar-refractivity contribution is 7.11. The Kier molecular flexibility index (Phi) is 3.02. The SMILES string of the molecule is Cc1cnc(Cn2ccc3c2CC(C)(C)CC3N)s1. The molecule has 2 aromatic heterocycles. The van der Waals surface area contributed by atoms with Crippen molar-refractivity contribution in [3.63, 3.8) is 0 Å². The van der Waals surface area contributed by atoms with Gasteiger partial charge in [-0.2, -0.15) is 0 Å². The number of fused-ring (bicyclic) bond motifs is 1. The zero-order valence-corrected chi connectivity index (χ0v) is 12.6. The molecule has 2 heterocycles. The van der Waals surface area contributed by atoms with Gasteiger partial charge in [-0.25, -0.2) is 4.98 Å². The van der Waals surface area contributed by atoms with E-state index >= 15 is 0 Å². The standard InChI is InChI=1S/C15H21N3S/c1-10-8-17-14(19-10)9-18-5-4-11-12(16)6-15(2,3)7-13(11)18/h4-5,8,12H,6-7,9,16H2,1-3H3. The van der Waals surface area contributed by atoms with Crippen molar-refractivity contribution in [3.05, 3.63) is 39.6 Å². The summed E-state index contributed by atoms with van der Waals surface area (Å²) in [4.78, 5) is 5.73. The summed E-state index contributed by atoms with van der Waals surface area (Å²) >= 11 is 1.77. The molecule has 1 aliphatic rings. The van der Waals surface area contributed by atoms with E-state index in [4.69, 9.17) is 5.73 Å². The van der Waals surface area contributed by atoms with E-state index in [1.807, 2.05) is 6.20 Å². The predicted molar refractivity (Wildman–Crippen MR) is 79.4 cm³/mol. The molecule has 0 fully saturated rings. The van der Waals surface area contributed by atoms with Gasteiger partial charge in [0.15, 0.2) is 0 Å². The first-order valence-corrected chi connectivity index (χ1v) is 7.61. The molecule has 2 N–H and O–H groups in total. The maximum absolute atomic E-state index is 6.31. The number of thiazole rings is 1. The Bertz CT molecular complexity index is 594. The van der Waals surface area contributed by atoms with Crippen LogP contribution in [0.15, 0.2) is 18.5 Å². The van der Waals surface area contributed by atoms with Gasteiger partial charge in [0.05, 0.1) is 6.54 Å². The van der Waals surface area contributed by atoms with Crippen LogP contribution in [0.5, 0.6) is 0 Å². The summed E-state index contributed by atoms with van der Waals surface area (Å²) in [7, 11) is 0. The molecule has 0 bridgehead atoms. The number of hydrogen-bond donors (Lipinski definition) is 1. The topological polar surface area (TPSA) is 43.8 Å². The minimum Gasteiger partial charge on any atom is -0.344 e. The van der Waals surface area contributed by atoms with E-state index in [1.54, 1.807) is 11.3 Å². The summed E-state index contributed by atoms with van der Waals surface area (Å²) < 4.78 is 2.33. The molecule has 1 unspecified atom stereocenters. The monoisotopic (exact) mass is 275 g/mol. The lowest BCUT2D eigenvalue weighted by Gasteiger charge is -2.34. The lowest BCUT2D eigenvalue weighted by molar-refractivity contribution is 0.276. The van der Waals surface area contributed by atoms with E-state index in [2.05, 4.69) is 42.6 Å². The van der Waals surface area contributed by atoms with Crippen molar-refractivity contribution in [3.8, 4) is 0 Å². The average Bonchev–Trinajstić information content (AvgIpc) is 2.86. The van der Waals surface area contributed by atoms with Gasteiger partial charge in [-0.05, 0) is 36.8 Å². The maximum Gasteiger partial charge on any atom is 0.113 e. The first kappa shape index (κ1) is 12.9. The number of nitrogens with two attached hydrogens (primary N) is 1. The van der Waals surface area contributed by atoms with Crippen LogP contribution in [0.3, 0.4) is 0 Å². The summed E-state index contributed by atoms with van der Waals surface area (Å²) in [5, 5.41) is 1.17. The number of hydrogen-bond acceptors (Lipinski definition) is 3. The second-order valence-electron chi connectivity index (χ2n) is 6.36. The highest BCUT2D eigenvalue weighted by atomic mass is 32.1. The van der Waals surface area contributed by atoms with E-state index in [0.29, 0.717) is 5.41 Å². The molecule has 0 saturated carbocycles. The third kappa shape index (κ3) is 2.47. The van der Waals surface area contributed by atoms with Gasteiger partial charge >= 0.3 is 0 Å². The van der Waals surface area contributed by atoms with Crippen molar-refractivity contribution < 1.29 is 0 Å². The fraction of sp³-hybridized carbons (Fsp3) is 0.533. The lowest BCUT2D eigenvalue weighted by Crippen LogP contribution is -2.30. The lowest BCUT2D eigenvalue weighted by atomic mass is 9.74. The second-order valence-corrected chi connectivity index (χ2v) is 7.68. The molecule has 0 radical (unpaired) electrons. The molecule has 0 aliphatic heterocycles. The molecule has 0 spiro atoms. The smallest absolute Gasteiger partial charge is 0.113 e. The third-order valence-corrected chi connectivity index (χ3v) is 4.80. The van der Waals surface area contributed by atoms with E-state index in [9.17, 15) is 0 Å². The van der Waals surface area contributed by atoms with E-state index in [-0.39, 0.29) is 6.04 Å². The quantitative estimate of drug-likeness (QED) is 0.914. The summed E-state index contributed by atoms with van der Waals surface area (Å²) in [6.45, 7) is 7.59. The molecule has 2 aromatic rings. The Morgan fingerprint density at radius 1 is 1.53 bits per heavy atom. The van der Waals surface area contributed by atoms with Gasteiger partial charge in [0.25, 0.3) is 0 Å². The molecule has 3 nitrogen and oxygen atoms in total. The summed E-state index contributed by atoms with van der Waals surface area (Å²) in [6.07, 6.45) is 6.29. The van der Waals surface area contributed by atoms with Crippen LogP contribution in [0.2, 0.25) is 0 Å². The van der Waals surface area contributed by atoms with Gasteiger partial charge in [-0.15, -0.1) is 11.3 Å². The Morgan fingerprint density at radius 2 is 2.32 bits per heavy atom. The van der Waals surface area contributed by atoms with E-state index in [1.165, 1.54) is 21.1 Å². The van der Waals surface area contributed by atoms with Crippen LogP contribution < -0.4 is 5.73 Å². The highest BCUT2D eigenvalue weighted by Gasteiger charge is 2.32. The minimum absolute atomic E-state index is 0.179. The van der Waals surface area contributed by atoms with E-state index < -0.39 is 0 Å². The first-order valence-electron chi connectivity index (χ1n) is 6.79. The maximum atomic E-state index is 6.31. The zero-order chi connectivity index (χ0) is 13.6. The van der Waals surface area contributed by atoms with Gasteiger partial charge in [0.2, 0.25) is 0 Å². The van der Waals surface area contributed by atoms with Crippen molar-refractivity contribution in [2.24, 2.45) is 11.1 Å². The van der Waals surface area contributed by atoms with Crippen LogP contribution >= 0.6 is 11.3 Å². The third-order valence-electron chi connectivity index (χ3n) is 3.91. The number of nitrogens with zero attached hydrogens (tertiary/aromatic N) is 2. The van der Waals surface area contributed by atoms with Crippen molar-refractivity contribution in [1.29, 1.82) is 0 Å². The van der Waals surface area contributed by atoms with Gasteiger partial charge in [0, 0.05) is 29.0 Å². The molecule has 0 aromatic carbocycles. The average molecular weight is 275 g/mol. The van der Waals surface area contributed by atoms with Crippen molar-refractivity contribution in [1.82, 2.24) is 9.55 Å². The van der Waals surface area contributed by atoms with Crippen LogP contribution in [-0.2, 0) is 13.0 Å². The number of aromatic nitrogens is 2. The number of rotatable bonds is 2. The molecule has 19 heavy (non-hydrogen) atoms. The summed E-state index contributed by atoms with van der Waals surface area (Å²) in [5.74, 6) is 0. The Balaban J connectivity index is 1.92. The highest BCUT2D eigenvalue weighted by Crippen LogP contribution is 2.40. The molecule has 1 aliphatic carbocycles. The van der Waals surface area contributed by atoms with Crippen LogP contribution in [0, 0.1) is 12.3 Å². The zero-order valence-electron chi connectivity index (χ0n) is 11.8. The fourth-order valence-electron chi connectivity index (χ4n) is 3.06. The fourth-order valence-corrected chi connectivity index (χ4v) is 3.85. The molecule has 102 valence electrons. The molecular weight excluding hydrogens is 254 g/mol. The predicted octanol–water partition coefficient (Wildman–Crippen LogP) is 3.27. The molecule has 4 heteroatoms. The van der Waals surface area contributed by atoms with E-state index in [0.717, 1.165) is 19.4 Å². The van der Waals surface area contributed by atoms with Crippen molar-refractivity contribution in [2.75, 3.05) is 0 Å². The molecule has 3 rings (SSSR count). The molecule has 1 atom stereocenters. The van der Waals surface area contributed by atoms with Crippen molar-refractivity contribution >= 4 is 11.3 Å². The molecule has 0 saturated heterocycles. The van der Waals surface area contributed by atoms with Crippen LogP contribution in [0.25, 0.3) is 0 Å². The van der Waals surface area contributed by atoms with Crippen molar-refractivity contribution in [2.45, 2.75) is 46.2 Å². The Morgan fingerprint density at radius 3 is 3.00 bits per heavy atom. The Hall–Kier alpha value is -1.13. The van der Waals surface area contributed by atoms with Crippen LogP contribution in [0.4, 0.5) is 0 Å². The summed E-state index contributed by atoms with van der Waals surface area (Å²) in [6, 6.07) is 2.37. The largest absolute Gasteiger partial charge is 0.344 e. The number of aryl methyl sites for hydroxylation is 1. The summed E-state index contributed by atoms with van der Waals surface area (Å²) in [5.41, 5.74) is 9.33. The van der Waals surface area contributed by atoms with Crippen LogP contribution in [-0.4, -0.2) is 9.55 Å². The molecule has 0 amide bonds. The van der Waals surface area contributed by atoms with Gasteiger partial charge in [-0.1, -0.05) is 13.8 Å². The normalized spacial score (nSPS) is 21.4. The van der Waals surface area contributed by atoms with Crippen LogP contribution in [0.1, 0.15) is 47.5 Å².